The highest BCUT2D eigenvalue weighted by Crippen LogP contribution is 2.22. The molecule has 0 bridgehead atoms. The molecule has 0 radical (unpaired) electrons. The lowest BCUT2D eigenvalue weighted by atomic mass is 10.00. The van der Waals surface area contributed by atoms with Crippen LogP contribution in [0.3, 0.4) is 0 Å². The van der Waals surface area contributed by atoms with E-state index in [1.54, 1.807) is 0 Å². The third kappa shape index (κ3) is 5.11. The molecule has 2 aliphatic rings. The van der Waals surface area contributed by atoms with E-state index in [0.29, 0.717) is 25.3 Å². The van der Waals surface area contributed by atoms with Gasteiger partial charge < -0.3 is 26.8 Å². The van der Waals surface area contributed by atoms with Gasteiger partial charge in [-0.2, -0.15) is 0 Å². The smallest absolute Gasteiger partial charge is 0.252 e. The Morgan fingerprint density at radius 2 is 2.00 bits per heavy atom. The van der Waals surface area contributed by atoms with Crippen LogP contribution in [0.5, 0.6) is 0 Å². The molecule has 0 saturated carbocycles. The minimum atomic E-state index is -0.797. The van der Waals surface area contributed by atoms with Crippen molar-refractivity contribution in [1.29, 1.82) is 0 Å². The highest BCUT2D eigenvalue weighted by atomic mass is 35.5. The minimum Gasteiger partial charge on any atom is -0.398 e. The summed E-state index contributed by atoms with van der Waals surface area (Å²) >= 11 is 5.81. The minimum absolute atomic E-state index is 0.0189. The summed E-state index contributed by atoms with van der Waals surface area (Å²) in [5.41, 5.74) is 12.3. The molecule has 1 unspecified atom stereocenters. The van der Waals surface area contributed by atoms with E-state index in [4.69, 9.17) is 27.8 Å². The number of nitrogens with one attached hydrogen (secondary N) is 2. The zero-order valence-corrected chi connectivity index (χ0v) is 16.5. The molecule has 0 aromatic heterocycles. The summed E-state index contributed by atoms with van der Waals surface area (Å²) < 4.78 is 18.7. The van der Waals surface area contributed by atoms with Crippen LogP contribution in [-0.2, 0) is 14.3 Å². The van der Waals surface area contributed by atoms with Crippen LogP contribution >= 0.6 is 11.6 Å². The number of hydrogen-bond acceptors (Lipinski definition) is 6. The van der Waals surface area contributed by atoms with Crippen molar-refractivity contribution in [3.8, 4) is 0 Å². The molecule has 2 heterocycles. The molecule has 29 heavy (non-hydrogen) atoms. The van der Waals surface area contributed by atoms with E-state index in [0.717, 1.165) is 18.9 Å². The number of aliphatic imine (C=N–C) groups is 1. The predicted octanol–water partition coefficient (Wildman–Crippen LogP) is 0.342. The van der Waals surface area contributed by atoms with Crippen molar-refractivity contribution in [2.24, 2.45) is 16.5 Å². The average molecular weight is 424 g/mol. The maximum absolute atomic E-state index is 13.4. The number of amides is 2. The van der Waals surface area contributed by atoms with Crippen LogP contribution in [-0.4, -0.2) is 55.9 Å². The first-order valence-corrected chi connectivity index (χ1v) is 9.65. The van der Waals surface area contributed by atoms with Gasteiger partial charge in [-0.25, -0.2) is 4.39 Å². The highest BCUT2D eigenvalue weighted by Gasteiger charge is 2.28. The molecule has 6 N–H and O–H groups in total. The lowest BCUT2D eigenvalue weighted by Gasteiger charge is -2.27. The van der Waals surface area contributed by atoms with Crippen molar-refractivity contribution >= 4 is 34.8 Å². The van der Waals surface area contributed by atoms with Crippen molar-refractivity contribution in [2.75, 3.05) is 26.3 Å². The maximum Gasteiger partial charge on any atom is 0.252 e. The average Bonchev–Trinajstić information content (AvgIpc) is 2.71. The van der Waals surface area contributed by atoms with Gasteiger partial charge in [0.1, 0.15) is 11.9 Å². The van der Waals surface area contributed by atoms with Crippen LogP contribution in [0.2, 0.25) is 5.02 Å². The van der Waals surface area contributed by atoms with Crippen molar-refractivity contribution in [1.82, 2.24) is 10.6 Å². The van der Waals surface area contributed by atoms with Crippen molar-refractivity contribution in [3.05, 3.63) is 40.2 Å². The summed E-state index contributed by atoms with van der Waals surface area (Å²) in [4.78, 5) is 29.1. The first-order valence-electron chi connectivity index (χ1n) is 9.27. The Morgan fingerprint density at radius 1 is 1.28 bits per heavy atom. The van der Waals surface area contributed by atoms with Gasteiger partial charge in [0, 0.05) is 32.3 Å². The molecule has 2 amide bonds. The summed E-state index contributed by atoms with van der Waals surface area (Å²) in [6, 6.07) is 3.16. The van der Waals surface area contributed by atoms with Gasteiger partial charge in [-0.05, 0) is 36.6 Å². The van der Waals surface area contributed by atoms with Gasteiger partial charge in [-0.15, -0.1) is 0 Å². The fraction of sp³-hybridized carbons (Fsp3) is 0.421. The van der Waals surface area contributed by atoms with Crippen LogP contribution in [0, 0.1) is 5.82 Å². The van der Waals surface area contributed by atoms with Crippen molar-refractivity contribution in [2.45, 2.75) is 24.9 Å². The van der Waals surface area contributed by atoms with E-state index in [2.05, 4.69) is 15.6 Å². The summed E-state index contributed by atoms with van der Waals surface area (Å²) in [7, 11) is 0. The SMILES string of the molecule is NC(=O)C(C1=NC(C(=O)NC2CCOCC2)CNC1)=C(N)c1ccc(F)c(Cl)c1. The molecule has 1 aromatic rings. The van der Waals surface area contributed by atoms with Crippen LogP contribution in [0.1, 0.15) is 18.4 Å². The van der Waals surface area contributed by atoms with Gasteiger partial charge in [0.25, 0.3) is 5.91 Å². The third-order valence-corrected chi connectivity index (χ3v) is 5.14. The monoisotopic (exact) mass is 423 g/mol. The summed E-state index contributed by atoms with van der Waals surface area (Å²) in [5, 5.41) is 5.90. The Bertz CT molecular complexity index is 867. The second-order valence-electron chi connectivity index (χ2n) is 6.90. The third-order valence-electron chi connectivity index (χ3n) is 4.85. The Labute approximate surface area is 172 Å². The first-order chi connectivity index (χ1) is 13.9. The summed E-state index contributed by atoms with van der Waals surface area (Å²) in [5.74, 6) is -1.65. The molecule has 2 aliphatic heterocycles. The standard InChI is InChI=1S/C19H23ClFN5O3/c20-12-7-10(1-2-13(12)21)17(22)16(18(23)27)14-8-24-9-15(26-14)19(28)25-11-3-5-29-6-4-11/h1-2,7,11,15,24H,3-6,8-9,22H2,(H2,23,27)(H,25,28). The highest BCUT2D eigenvalue weighted by molar-refractivity contribution is 6.31. The number of halogens is 2. The van der Waals surface area contributed by atoms with Crippen molar-refractivity contribution < 1.29 is 18.7 Å². The topological polar surface area (TPSA) is 132 Å². The number of nitrogens with two attached hydrogens (primary N) is 2. The Kier molecular flexibility index (Phi) is 6.83. The maximum atomic E-state index is 13.4. The Hall–Kier alpha value is -2.49. The number of rotatable bonds is 5. The molecule has 0 aliphatic carbocycles. The Balaban J connectivity index is 1.86. The molecular formula is C19H23ClFN5O3. The first kappa shape index (κ1) is 21.2. The number of carbonyl (C=O) groups is 2. The fourth-order valence-electron chi connectivity index (χ4n) is 3.29. The molecule has 3 rings (SSSR count). The molecule has 0 spiro atoms. The van der Waals surface area contributed by atoms with E-state index in [1.807, 2.05) is 0 Å². The zero-order valence-electron chi connectivity index (χ0n) is 15.7. The van der Waals surface area contributed by atoms with Crippen molar-refractivity contribution in [3.63, 3.8) is 0 Å². The predicted molar refractivity (Wildman–Crippen MR) is 108 cm³/mol. The molecule has 1 fully saturated rings. The van der Waals surface area contributed by atoms with Crippen LogP contribution in [0.4, 0.5) is 4.39 Å². The van der Waals surface area contributed by atoms with E-state index in [9.17, 15) is 14.0 Å². The van der Waals surface area contributed by atoms with E-state index in [1.165, 1.54) is 12.1 Å². The number of benzene rings is 1. The van der Waals surface area contributed by atoms with Gasteiger partial charge in [-0.3, -0.25) is 14.6 Å². The zero-order chi connectivity index (χ0) is 21.0. The largest absolute Gasteiger partial charge is 0.398 e. The van der Waals surface area contributed by atoms with Crippen LogP contribution in [0.25, 0.3) is 5.70 Å². The lowest BCUT2D eigenvalue weighted by molar-refractivity contribution is -0.123. The molecule has 1 atom stereocenters. The Morgan fingerprint density at radius 3 is 2.66 bits per heavy atom. The number of carbonyl (C=O) groups excluding carboxylic acids is 2. The van der Waals surface area contributed by atoms with Gasteiger partial charge in [0.15, 0.2) is 0 Å². The normalized spacial score (nSPS) is 21.2. The summed E-state index contributed by atoms with van der Waals surface area (Å²) in [6.45, 7) is 1.75. The molecule has 156 valence electrons. The van der Waals surface area contributed by atoms with Crippen LogP contribution in [0.15, 0.2) is 28.8 Å². The molecular weight excluding hydrogens is 401 g/mol. The lowest BCUT2D eigenvalue weighted by Crippen LogP contribution is -2.50. The van der Waals surface area contributed by atoms with Gasteiger partial charge >= 0.3 is 0 Å². The number of nitrogens with zero attached hydrogens (tertiary/aromatic N) is 1. The second kappa shape index (κ2) is 9.34. The van der Waals surface area contributed by atoms with E-state index < -0.39 is 17.8 Å². The molecule has 1 saturated heterocycles. The second-order valence-corrected chi connectivity index (χ2v) is 7.31. The quantitative estimate of drug-likeness (QED) is 0.507. The number of hydrogen-bond donors (Lipinski definition) is 4. The van der Waals surface area contributed by atoms with Crippen LogP contribution < -0.4 is 22.1 Å². The summed E-state index contributed by atoms with van der Waals surface area (Å²) in [6.07, 6.45) is 1.49. The van der Waals surface area contributed by atoms with Gasteiger partial charge in [-0.1, -0.05) is 11.6 Å². The molecule has 1 aromatic carbocycles. The van der Waals surface area contributed by atoms with Gasteiger partial charge in [0.2, 0.25) is 5.91 Å². The van der Waals surface area contributed by atoms with E-state index >= 15 is 0 Å². The van der Waals surface area contributed by atoms with Gasteiger partial charge in [0.05, 0.1) is 22.0 Å². The number of ether oxygens (including phenoxy) is 1. The van der Waals surface area contributed by atoms with E-state index in [-0.39, 0.29) is 40.5 Å². The number of primary amides is 1. The molecule has 8 nitrogen and oxygen atoms in total. The molecule has 10 heteroatoms. The fourth-order valence-corrected chi connectivity index (χ4v) is 3.47.